The van der Waals surface area contributed by atoms with Crippen molar-refractivity contribution in [2.45, 2.75) is 19.6 Å². The molecular weight excluding hydrogens is 328 g/mol. The highest BCUT2D eigenvalue weighted by molar-refractivity contribution is 5.93. The SMILES string of the molecule is C[C@H](OC(=O)c1nccnc1N)C(=O)NCc1ccc2c(c1)OCO2. The van der Waals surface area contributed by atoms with Crippen molar-refractivity contribution in [1.29, 1.82) is 0 Å². The van der Waals surface area contributed by atoms with Gasteiger partial charge in [-0.3, -0.25) is 4.79 Å². The van der Waals surface area contributed by atoms with Crippen LogP contribution in [0.2, 0.25) is 0 Å². The lowest BCUT2D eigenvalue weighted by Crippen LogP contribution is -2.35. The van der Waals surface area contributed by atoms with Gasteiger partial charge in [0, 0.05) is 18.9 Å². The van der Waals surface area contributed by atoms with Crippen LogP contribution >= 0.6 is 0 Å². The minimum Gasteiger partial charge on any atom is -0.454 e. The highest BCUT2D eigenvalue weighted by atomic mass is 16.7. The summed E-state index contributed by atoms with van der Waals surface area (Å²) in [6, 6.07) is 5.36. The molecule has 9 heteroatoms. The minimum absolute atomic E-state index is 0.0551. The van der Waals surface area contributed by atoms with Gasteiger partial charge in [0.2, 0.25) is 6.79 Å². The molecule has 1 atom stereocenters. The van der Waals surface area contributed by atoms with E-state index < -0.39 is 18.0 Å². The van der Waals surface area contributed by atoms with Crippen molar-refractivity contribution in [1.82, 2.24) is 15.3 Å². The Kier molecular flexibility index (Phi) is 4.64. The van der Waals surface area contributed by atoms with Crippen LogP contribution in [-0.2, 0) is 16.1 Å². The Morgan fingerprint density at radius 1 is 1.28 bits per heavy atom. The number of benzene rings is 1. The molecule has 25 heavy (non-hydrogen) atoms. The first-order valence-corrected chi connectivity index (χ1v) is 7.48. The van der Waals surface area contributed by atoms with Crippen LogP contribution in [0.15, 0.2) is 30.6 Å². The standard InChI is InChI=1S/C16H16N4O5/c1-9(25-16(22)13-14(17)19-5-4-18-13)15(21)20-7-10-2-3-11-12(6-10)24-8-23-11/h2-6,9H,7-8H2,1H3,(H2,17,19)(H,20,21)/t9-/m0/s1. The van der Waals surface area contributed by atoms with Crippen molar-refractivity contribution >= 4 is 17.7 Å². The summed E-state index contributed by atoms with van der Waals surface area (Å²) in [5.74, 6) is -0.0198. The van der Waals surface area contributed by atoms with Crippen LogP contribution in [0.4, 0.5) is 5.82 Å². The molecule has 0 spiro atoms. The second-order valence-electron chi connectivity index (χ2n) is 5.24. The second kappa shape index (κ2) is 7.04. The van der Waals surface area contributed by atoms with Gasteiger partial charge >= 0.3 is 5.97 Å². The molecule has 2 heterocycles. The van der Waals surface area contributed by atoms with E-state index in [0.717, 1.165) is 5.56 Å². The zero-order valence-electron chi connectivity index (χ0n) is 13.4. The van der Waals surface area contributed by atoms with Crippen LogP contribution < -0.4 is 20.5 Å². The molecule has 0 unspecified atom stereocenters. The van der Waals surface area contributed by atoms with Gasteiger partial charge in [0.05, 0.1) is 0 Å². The summed E-state index contributed by atoms with van der Waals surface area (Å²) in [7, 11) is 0. The van der Waals surface area contributed by atoms with E-state index in [1.54, 1.807) is 12.1 Å². The smallest absolute Gasteiger partial charge is 0.361 e. The number of carbonyl (C=O) groups excluding carboxylic acids is 2. The summed E-state index contributed by atoms with van der Waals surface area (Å²) < 4.78 is 15.6. The number of ether oxygens (including phenoxy) is 3. The van der Waals surface area contributed by atoms with E-state index >= 15 is 0 Å². The third kappa shape index (κ3) is 3.77. The predicted molar refractivity (Wildman–Crippen MR) is 85.7 cm³/mol. The Morgan fingerprint density at radius 3 is 2.84 bits per heavy atom. The fourth-order valence-electron chi connectivity index (χ4n) is 2.16. The lowest BCUT2D eigenvalue weighted by atomic mass is 10.2. The van der Waals surface area contributed by atoms with Crippen molar-refractivity contribution in [2.24, 2.45) is 0 Å². The maximum Gasteiger partial charge on any atom is 0.361 e. The number of hydrogen-bond acceptors (Lipinski definition) is 8. The lowest BCUT2D eigenvalue weighted by molar-refractivity contribution is -0.129. The van der Waals surface area contributed by atoms with Crippen LogP contribution in [0.3, 0.4) is 0 Å². The average molecular weight is 344 g/mol. The van der Waals surface area contributed by atoms with Crippen molar-refractivity contribution in [3.05, 3.63) is 41.9 Å². The Hall–Kier alpha value is -3.36. The fourth-order valence-corrected chi connectivity index (χ4v) is 2.16. The maximum atomic E-state index is 12.1. The first-order valence-electron chi connectivity index (χ1n) is 7.48. The molecule has 2 aromatic rings. The van der Waals surface area contributed by atoms with E-state index in [2.05, 4.69) is 15.3 Å². The molecule has 0 aliphatic carbocycles. The molecule has 0 saturated carbocycles. The fraction of sp³-hybridized carbons (Fsp3) is 0.250. The molecule has 1 amide bonds. The van der Waals surface area contributed by atoms with Crippen LogP contribution in [0.1, 0.15) is 23.0 Å². The highest BCUT2D eigenvalue weighted by Crippen LogP contribution is 2.32. The van der Waals surface area contributed by atoms with E-state index in [1.165, 1.54) is 19.3 Å². The third-order valence-electron chi connectivity index (χ3n) is 3.48. The number of aromatic nitrogens is 2. The van der Waals surface area contributed by atoms with Crippen LogP contribution in [-0.4, -0.2) is 34.7 Å². The summed E-state index contributed by atoms with van der Waals surface area (Å²) in [5.41, 5.74) is 6.26. The molecule has 1 aromatic heterocycles. The van der Waals surface area contributed by atoms with Crippen LogP contribution in [0, 0.1) is 0 Å². The number of nitrogen functional groups attached to an aromatic ring is 1. The molecule has 0 saturated heterocycles. The molecule has 1 aliphatic rings. The summed E-state index contributed by atoms with van der Waals surface area (Å²) in [6.07, 6.45) is 1.66. The number of esters is 1. The summed E-state index contributed by atoms with van der Waals surface area (Å²) in [6.45, 7) is 1.90. The average Bonchev–Trinajstić information content (AvgIpc) is 3.07. The van der Waals surface area contributed by atoms with Gasteiger partial charge in [-0.2, -0.15) is 0 Å². The Balaban J connectivity index is 1.54. The molecule has 0 bridgehead atoms. The number of nitrogens with zero attached hydrogens (tertiary/aromatic N) is 2. The van der Waals surface area contributed by atoms with Gasteiger partial charge in [-0.05, 0) is 24.6 Å². The molecule has 3 N–H and O–H groups in total. The minimum atomic E-state index is -1.01. The molecule has 130 valence electrons. The number of anilines is 1. The van der Waals surface area contributed by atoms with Gasteiger partial charge in [-0.15, -0.1) is 0 Å². The Morgan fingerprint density at radius 2 is 2.04 bits per heavy atom. The van der Waals surface area contributed by atoms with Gasteiger partial charge in [-0.25, -0.2) is 14.8 Å². The monoisotopic (exact) mass is 344 g/mol. The summed E-state index contributed by atoms with van der Waals surface area (Å²) in [4.78, 5) is 31.6. The second-order valence-corrected chi connectivity index (χ2v) is 5.24. The quantitative estimate of drug-likeness (QED) is 0.757. The van der Waals surface area contributed by atoms with Gasteiger partial charge in [-0.1, -0.05) is 6.07 Å². The van der Waals surface area contributed by atoms with Crippen molar-refractivity contribution < 1.29 is 23.8 Å². The van der Waals surface area contributed by atoms with Gasteiger partial charge < -0.3 is 25.3 Å². The number of nitrogens with two attached hydrogens (primary N) is 1. The first-order chi connectivity index (χ1) is 12.0. The van der Waals surface area contributed by atoms with Crippen LogP contribution in [0.25, 0.3) is 0 Å². The van der Waals surface area contributed by atoms with E-state index in [9.17, 15) is 9.59 Å². The van der Waals surface area contributed by atoms with Gasteiger partial charge in [0.25, 0.3) is 5.91 Å². The van der Waals surface area contributed by atoms with Crippen molar-refractivity contribution in [2.75, 3.05) is 12.5 Å². The topological polar surface area (TPSA) is 126 Å². The van der Waals surface area contributed by atoms with Gasteiger partial charge in [0.15, 0.2) is 29.1 Å². The van der Waals surface area contributed by atoms with Crippen molar-refractivity contribution in [3.63, 3.8) is 0 Å². The summed E-state index contributed by atoms with van der Waals surface area (Å²) in [5, 5.41) is 2.68. The van der Waals surface area contributed by atoms with E-state index in [0.29, 0.717) is 11.5 Å². The third-order valence-corrected chi connectivity index (χ3v) is 3.48. The largest absolute Gasteiger partial charge is 0.454 e. The molecule has 3 rings (SSSR count). The number of fused-ring (bicyclic) bond motifs is 1. The lowest BCUT2D eigenvalue weighted by Gasteiger charge is -2.13. The van der Waals surface area contributed by atoms with Crippen LogP contribution in [0.5, 0.6) is 11.5 Å². The Bertz CT molecular complexity index is 811. The molecule has 1 aliphatic heterocycles. The van der Waals surface area contributed by atoms with Crippen molar-refractivity contribution in [3.8, 4) is 11.5 Å². The molecule has 9 nitrogen and oxygen atoms in total. The zero-order valence-corrected chi connectivity index (χ0v) is 13.4. The predicted octanol–water partition coefficient (Wildman–Crippen LogP) is 0.649. The number of rotatable bonds is 5. The summed E-state index contributed by atoms with van der Waals surface area (Å²) >= 11 is 0. The normalized spacial score (nSPS) is 13.2. The van der Waals surface area contributed by atoms with E-state index in [4.69, 9.17) is 19.9 Å². The molecule has 0 radical (unpaired) electrons. The molecule has 0 fully saturated rings. The molecular formula is C16H16N4O5. The number of amides is 1. The molecule has 1 aromatic carbocycles. The number of nitrogens with one attached hydrogen (secondary N) is 1. The maximum absolute atomic E-state index is 12.1. The first kappa shape index (κ1) is 16.5. The number of hydrogen-bond donors (Lipinski definition) is 2. The van der Waals surface area contributed by atoms with Gasteiger partial charge in [0.1, 0.15) is 0 Å². The highest BCUT2D eigenvalue weighted by Gasteiger charge is 2.22. The van der Waals surface area contributed by atoms with E-state index in [1.807, 2.05) is 6.07 Å². The Labute approximate surface area is 143 Å². The zero-order chi connectivity index (χ0) is 17.8. The van der Waals surface area contributed by atoms with E-state index in [-0.39, 0.29) is 24.8 Å². The number of carbonyl (C=O) groups is 2.